The van der Waals surface area contributed by atoms with E-state index in [0.29, 0.717) is 6.04 Å². The van der Waals surface area contributed by atoms with Crippen molar-refractivity contribution >= 4 is 0 Å². The number of nitrogens with two attached hydrogens (primary N) is 1. The molecule has 4 heteroatoms. The molecule has 2 rings (SSSR count). The summed E-state index contributed by atoms with van der Waals surface area (Å²) < 4.78 is 0. The molecular formula is C16H28N4. The number of hydrazine groups is 1. The van der Waals surface area contributed by atoms with Gasteiger partial charge in [-0.3, -0.25) is 16.2 Å². The van der Waals surface area contributed by atoms with E-state index in [1.807, 2.05) is 0 Å². The monoisotopic (exact) mass is 276 g/mol. The van der Waals surface area contributed by atoms with E-state index in [-0.39, 0.29) is 6.04 Å². The maximum atomic E-state index is 5.87. The minimum atomic E-state index is 0.180. The highest BCUT2D eigenvalue weighted by molar-refractivity contribution is 5.27. The molecule has 0 saturated carbocycles. The first-order valence-corrected chi connectivity index (χ1v) is 7.59. The average molecular weight is 276 g/mol. The molecule has 4 nitrogen and oxygen atoms in total. The third-order valence-corrected chi connectivity index (χ3v) is 4.31. The number of hydrogen-bond donors (Lipinski definition) is 2. The van der Waals surface area contributed by atoms with Crippen molar-refractivity contribution in [1.82, 2.24) is 15.2 Å². The quantitative estimate of drug-likeness (QED) is 0.630. The van der Waals surface area contributed by atoms with Crippen molar-refractivity contribution in [3.05, 3.63) is 35.4 Å². The van der Waals surface area contributed by atoms with Crippen molar-refractivity contribution in [2.45, 2.75) is 31.8 Å². The van der Waals surface area contributed by atoms with Crippen molar-refractivity contribution in [2.24, 2.45) is 5.84 Å². The second-order valence-corrected chi connectivity index (χ2v) is 5.95. The Balaban J connectivity index is 2.20. The van der Waals surface area contributed by atoms with Gasteiger partial charge in [-0.25, -0.2) is 0 Å². The zero-order valence-corrected chi connectivity index (χ0v) is 13.0. The molecule has 1 aliphatic heterocycles. The first-order chi connectivity index (χ1) is 9.65. The van der Waals surface area contributed by atoms with E-state index in [4.69, 9.17) is 5.84 Å². The molecule has 0 bridgehead atoms. The van der Waals surface area contributed by atoms with Crippen LogP contribution in [0.2, 0.25) is 0 Å². The largest absolute Gasteiger partial charge is 0.303 e. The van der Waals surface area contributed by atoms with Crippen LogP contribution in [-0.4, -0.2) is 49.6 Å². The molecule has 1 fully saturated rings. The number of likely N-dealkylation sites (N-methyl/N-ethyl adjacent to an activating group) is 2. The van der Waals surface area contributed by atoms with Crippen molar-refractivity contribution in [1.29, 1.82) is 0 Å². The lowest BCUT2D eigenvalue weighted by molar-refractivity contribution is 0.0876. The second kappa shape index (κ2) is 7.18. The van der Waals surface area contributed by atoms with Crippen molar-refractivity contribution < 1.29 is 0 Å². The fourth-order valence-corrected chi connectivity index (χ4v) is 3.06. The first-order valence-electron chi connectivity index (χ1n) is 7.59. The van der Waals surface area contributed by atoms with Gasteiger partial charge in [-0.05, 0) is 31.6 Å². The van der Waals surface area contributed by atoms with Crippen LogP contribution in [0.25, 0.3) is 0 Å². The Morgan fingerprint density at radius 2 is 2.15 bits per heavy atom. The van der Waals surface area contributed by atoms with E-state index < -0.39 is 0 Å². The smallest absolute Gasteiger partial charge is 0.0627 e. The number of aryl methyl sites for hydroxylation is 1. The first kappa shape index (κ1) is 15.4. The second-order valence-electron chi connectivity index (χ2n) is 5.95. The SMILES string of the molecule is CCCc1cccc(C(NN)C2CN(C)CCN2C)c1. The number of nitrogens with one attached hydrogen (secondary N) is 1. The zero-order valence-electron chi connectivity index (χ0n) is 13.0. The molecule has 0 aliphatic carbocycles. The van der Waals surface area contributed by atoms with Gasteiger partial charge < -0.3 is 4.90 Å². The fraction of sp³-hybridized carbons (Fsp3) is 0.625. The van der Waals surface area contributed by atoms with E-state index in [1.165, 1.54) is 17.5 Å². The lowest BCUT2D eigenvalue weighted by Gasteiger charge is -2.41. The number of nitrogens with zero attached hydrogens (tertiary/aromatic N) is 2. The summed E-state index contributed by atoms with van der Waals surface area (Å²) in [5, 5.41) is 0. The number of benzene rings is 1. The van der Waals surface area contributed by atoms with Crippen LogP contribution in [0.5, 0.6) is 0 Å². The lowest BCUT2D eigenvalue weighted by Crippen LogP contribution is -2.56. The molecule has 0 radical (unpaired) electrons. The maximum Gasteiger partial charge on any atom is 0.0627 e. The van der Waals surface area contributed by atoms with Crippen LogP contribution >= 0.6 is 0 Å². The van der Waals surface area contributed by atoms with Crippen molar-refractivity contribution in [2.75, 3.05) is 33.7 Å². The Morgan fingerprint density at radius 1 is 1.35 bits per heavy atom. The van der Waals surface area contributed by atoms with Gasteiger partial charge in [0, 0.05) is 25.7 Å². The summed E-state index contributed by atoms with van der Waals surface area (Å²) in [6, 6.07) is 9.44. The Labute approximate surface area is 122 Å². The van der Waals surface area contributed by atoms with Crippen LogP contribution in [0.1, 0.15) is 30.5 Å². The van der Waals surface area contributed by atoms with Gasteiger partial charge in [0.2, 0.25) is 0 Å². The minimum absolute atomic E-state index is 0.180. The van der Waals surface area contributed by atoms with Gasteiger partial charge in [0.15, 0.2) is 0 Å². The van der Waals surface area contributed by atoms with Crippen LogP contribution in [0.3, 0.4) is 0 Å². The van der Waals surface area contributed by atoms with E-state index >= 15 is 0 Å². The lowest BCUT2D eigenvalue weighted by atomic mass is 9.94. The highest BCUT2D eigenvalue weighted by Crippen LogP contribution is 2.23. The summed E-state index contributed by atoms with van der Waals surface area (Å²) in [6.45, 7) is 5.48. The average Bonchev–Trinajstić information content (AvgIpc) is 2.44. The molecule has 2 unspecified atom stereocenters. The standard InChI is InChI=1S/C16H28N4/c1-4-6-13-7-5-8-14(11-13)16(18-17)15-12-19(2)9-10-20(15)3/h5,7-8,11,15-16,18H,4,6,9-10,12,17H2,1-3H3. The van der Waals surface area contributed by atoms with Crippen LogP contribution in [0, 0.1) is 0 Å². The summed E-state index contributed by atoms with van der Waals surface area (Å²) in [5.74, 6) is 5.87. The summed E-state index contributed by atoms with van der Waals surface area (Å²) in [7, 11) is 4.37. The highest BCUT2D eigenvalue weighted by atomic mass is 15.3. The molecule has 1 heterocycles. The van der Waals surface area contributed by atoms with E-state index in [1.54, 1.807) is 0 Å². The summed E-state index contributed by atoms with van der Waals surface area (Å²) in [4.78, 5) is 4.79. The van der Waals surface area contributed by atoms with E-state index in [9.17, 15) is 0 Å². The molecule has 1 saturated heterocycles. The van der Waals surface area contributed by atoms with Crippen LogP contribution in [-0.2, 0) is 6.42 Å². The normalized spacial score (nSPS) is 22.9. The molecule has 0 spiro atoms. The predicted molar refractivity (Wildman–Crippen MR) is 84.4 cm³/mol. The molecule has 0 aromatic heterocycles. The van der Waals surface area contributed by atoms with Gasteiger partial charge >= 0.3 is 0 Å². The van der Waals surface area contributed by atoms with Gasteiger partial charge in [-0.1, -0.05) is 37.6 Å². The fourth-order valence-electron chi connectivity index (χ4n) is 3.06. The van der Waals surface area contributed by atoms with Crippen molar-refractivity contribution in [3.8, 4) is 0 Å². The molecular weight excluding hydrogens is 248 g/mol. The van der Waals surface area contributed by atoms with E-state index in [2.05, 4.69) is 60.5 Å². The van der Waals surface area contributed by atoms with Crippen molar-refractivity contribution in [3.63, 3.8) is 0 Å². The Kier molecular flexibility index (Phi) is 5.54. The molecule has 1 aliphatic rings. The molecule has 1 aromatic rings. The van der Waals surface area contributed by atoms with Crippen LogP contribution in [0.15, 0.2) is 24.3 Å². The predicted octanol–water partition coefficient (Wildman–Crippen LogP) is 1.39. The van der Waals surface area contributed by atoms with Gasteiger partial charge in [-0.15, -0.1) is 0 Å². The Bertz CT molecular complexity index is 421. The summed E-state index contributed by atoms with van der Waals surface area (Å²) in [5.41, 5.74) is 5.74. The Morgan fingerprint density at radius 3 is 2.85 bits per heavy atom. The van der Waals surface area contributed by atoms with Gasteiger partial charge in [0.25, 0.3) is 0 Å². The summed E-state index contributed by atoms with van der Waals surface area (Å²) in [6.07, 6.45) is 2.31. The molecule has 0 amide bonds. The third-order valence-electron chi connectivity index (χ3n) is 4.31. The van der Waals surface area contributed by atoms with Gasteiger partial charge in [-0.2, -0.15) is 0 Å². The van der Waals surface area contributed by atoms with Crippen LogP contribution in [0.4, 0.5) is 0 Å². The molecule has 2 atom stereocenters. The highest BCUT2D eigenvalue weighted by Gasteiger charge is 2.30. The maximum absolute atomic E-state index is 5.87. The third kappa shape index (κ3) is 3.58. The molecule has 3 N–H and O–H groups in total. The van der Waals surface area contributed by atoms with Gasteiger partial charge in [0.05, 0.1) is 6.04 Å². The van der Waals surface area contributed by atoms with Gasteiger partial charge in [0.1, 0.15) is 0 Å². The Hall–Kier alpha value is -0.940. The molecule has 1 aromatic carbocycles. The number of rotatable bonds is 5. The summed E-state index contributed by atoms with van der Waals surface area (Å²) >= 11 is 0. The minimum Gasteiger partial charge on any atom is -0.303 e. The van der Waals surface area contributed by atoms with E-state index in [0.717, 1.165) is 26.1 Å². The number of piperazine rings is 1. The van der Waals surface area contributed by atoms with Crippen LogP contribution < -0.4 is 11.3 Å². The number of hydrogen-bond acceptors (Lipinski definition) is 4. The zero-order chi connectivity index (χ0) is 14.5. The molecule has 20 heavy (non-hydrogen) atoms. The topological polar surface area (TPSA) is 44.5 Å². The molecule has 112 valence electrons.